The Hall–Kier alpha value is -4.97. The third-order valence-corrected chi connectivity index (χ3v) is 7.36. The minimum Gasteiger partial charge on any atom is -0.539 e. The number of nitrogens with one attached hydrogen (secondary N) is 2. The summed E-state index contributed by atoms with van der Waals surface area (Å²) in [6.45, 7) is 4.33. The van der Waals surface area contributed by atoms with Crippen LogP contribution in [0.15, 0.2) is 72.8 Å². The summed E-state index contributed by atoms with van der Waals surface area (Å²) in [6, 6.07) is 24.5. The van der Waals surface area contributed by atoms with Gasteiger partial charge in [-0.1, -0.05) is 60.7 Å². The van der Waals surface area contributed by atoms with Crippen molar-refractivity contribution in [2.75, 3.05) is 32.8 Å². The molecule has 1 aliphatic rings. The molecular formula is C33H38N3O4Rf-. The van der Waals surface area contributed by atoms with Crippen LogP contribution in [0.5, 0.6) is 5.75 Å². The van der Waals surface area contributed by atoms with Crippen LogP contribution in [0.3, 0.4) is 0 Å². The molecule has 0 saturated carbocycles. The average molecular weight is 808 g/mol. The quantitative estimate of drug-likeness (QED) is 0.259. The van der Waals surface area contributed by atoms with E-state index in [9.17, 15) is 14.4 Å². The summed E-state index contributed by atoms with van der Waals surface area (Å²) in [7, 11) is 0. The fraction of sp³-hybridized carbons (Fsp3) is 0.364. The molecule has 2 N–H and O–H groups in total. The molecule has 212 valence electrons. The van der Waals surface area contributed by atoms with Gasteiger partial charge in [-0.15, -0.1) is 0 Å². The first-order chi connectivity index (χ1) is 19.5. The van der Waals surface area contributed by atoms with Gasteiger partial charge in [0.05, 0.1) is 0 Å². The van der Waals surface area contributed by atoms with E-state index >= 15 is 0 Å². The Morgan fingerprint density at radius 1 is 0.951 bits per heavy atom. The van der Waals surface area contributed by atoms with Crippen molar-refractivity contribution in [2.24, 2.45) is 0 Å². The SMILES string of the molecule is CC(=O)NCCc1ccccc1Cc1ccccc1CCC(=O)N1CCNC[C@H]1Cc1ccc(OC[C-]=O)cc1.[Rf]. The van der Waals surface area contributed by atoms with Gasteiger partial charge in [-0.05, 0) is 72.2 Å². The number of benzene rings is 3. The number of nitrogens with zero attached hydrogens (tertiary/aromatic N) is 1. The largest absolute Gasteiger partial charge is 0.539 e. The van der Waals surface area contributed by atoms with Gasteiger partial charge in [0, 0.05) is 45.6 Å². The van der Waals surface area contributed by atoms with Gasteiger partial charge in [-0.25, -0.2) is 6.29 Å². The molecule has 1 atom stereocenters. The number of carbonyl (C=O) groups excluding carboxylic acids is 3. The molecule has 7 nitrogen and oxygen atoms in total. The standard InChI is InChI=1S/C33H38N3O4.Rf/c1-25(38)35-17-16-28-7-3-5-9-30(28)23-29-8-4-2-6-27(29)12-15-33(39)36-19-18-34-24-31(36)22-26-10-13-32(14-11-26)40-21-20-37;/h2-11,13-14,31,34H,12,15-19,21-24H2,1H3,(H,35,38);/q-1;/t31-;/m1./s1. The van der Waals surface area contributed by atoms with Crippen LogP contribution in [-0.4, -0.2) is 61.8 Å². The molecule has 1 fully saturated rings. The van der Waals surface area contributed by atoms with Crippen LogP contribution in [0.2, 0.25) is 0 Å². The molecule has 0 unspecified atom stereocenters. The Kier molecular flexibility index (Phi) is 11.6. The molecule has 8 heteroatoms. The first kappa shape index (κ1) is 30.6. The van der Waals surface area contributed by atoms with E-state index in [0.717, 1.165) is 37.9 Å². The molecule has 41 heavy (non-hydrogen) atoms. The Morgan fingerprint density at radius 2 is 1.59 bits per heavy atom. The van der Waals surface area contributed by atoms with Gasteiger partial charge in [0.2, 0.25) is 11.8 Å². The summed E-state index contributed by atoms with van der Waals surface area (Å²) in [5.41, 5.74) is 6.02. The summed E-state index contributed by atoms with van der Waals surface area (Å²) in [5, 5.41) is 6.32. The fourth-order valence-corrected chi connectivity index (χ4v) is 5.29. The maximum absolute atomic E-state index is 13.4. The second-order valence-electron chi connectivity index (χ2n) is 10.2. The second kappa shape index (κ2) is 15.6. The number of hydrogen-bond acceptors (Lipinski definition) is 5. The van der Waals surface area contributed by atoms with Crippen LogP contribution in [0.25, 0.3) is 0 Å². The topological polar surface area (TPSA) is 87.7 Å². The summed E-state index contributed by atoms with van der Waals surface area (Å²) in [5.74, 6) is 0.797. The van der Waals surface area contributed by atoms with E-state index in [1.807, 2.05) is 41.3 Å². The molecule has 1 heterocycles. The van der Waals surface area contributed by atoms with Gasteiger partial charge in [0.15, 0.2) is 0 Å². The van der Waals surface area contributed by atoms with Gasteiger partial charge < -0.3 is 25.1 Å². The minimum absolute atomic E-state index is 0. The smallest absolute Gasteiger partial charge is 0.223 e. The number of rotatable bonds is 13. The van der Waals surface area contributed by atoms with E-state index in [2.05, 4.69) is 47.0 Å². The fourth-order valence-electron chi connectivity index (χ4n) is 5.29. The third-order valence-electron chi connectivity index (χ3n) is 7.36. The molecule has 0 spiro atoms. The Bertz CT molecular complexity index is 1280. The molecule has 0 aromatic heterocycles. The van der Waals surface area contributed by atoms with Crippen molar-refractivity contribution < 1.29 is 19.1 Å². The molecule has 3 aromatic rings. The van der Waals surface area contributed by atoms with Crippen molar-refractivity contribution in [3.63, 3.8) is 0 Å². The van der Waals surface area contributed by atoms with Crippen LogP contribution < -0.4 is 15.4 Å². The number of piperazine rings is 1. The summed E-state index contributed by atoms with van der Waals surface area (Å²) in [6.07, 6.45) is 5.22. The maximum Gasteiger partial charge on any atom is 0.223 e. The third kappa shape index (κ3) is 9.04. The van der Waals surface area contributed by atoms with Gasteiger partial charge >= 0.3 is 0 Å². The summed E-state index contributed by atoms with van der Waals surface area (Å²) < 4.78 is 5.30. The van der Waals surface area contributed by atoms with Crippen LogP contribution in [-0.2, 0) is 40.1 Å². The number of carbonyl (C=O) groups is 2. The van der Waals surface area contributed by atoms with E-state index in [1.54, 1.807) is 6.29 Å². The predicted molar refractivity (Wildman–Crippen MR) is 156 cm³/mol. The molecular weight excluding hydrogens is 769 g/mol. The normalized spacial score (nSPS) is 14.6. The Labute approximate surface area is 236 Å². The van der Waals surface area contributed by atoms with Crippen molar-refractivity contribution >= 4 is 18.1 Å². The molecule has 1 aliphatic heterocycles. The van der Waals surface area contributed by atoms with Gasteiger partial charge in [-0.2, -0.15) is 0 Å². The predicted octanol–water partition coefficient (Wildman–Crippen LogP) is 3.42. The summed E-state index contributed by atoms with van der Waals surface area (Å²) in [4.78, 5) is 37.2. The van der Waals surface area contributed by atoms with Crippen molar-refractivity contribution in [3.8, 4) is 5.75 Å². The van der Waals surface area contributed by atoms with E-state index in [-0.39, 0.29) is 24.5 Å². The number of hydrogen-bond donors (Lipinski definition) is 2. The van der Waals surface area contributed by atoms with E-state index in [1.165, 1.54) is 29.2 Å². The summed E-state index contributed by atoms with van der Waals surface area (Å²) >= 11 is 0. The molecule has 0 radical (unpaired) electrons. The van der Waals surface area contributed by atoms with Crippen LogP contribution >= 0.6 is 0 Å². The zero-order valence-electron chi connectivity index (χ0n) is 23.9. The number of ether oxygens (including phenoxy) is 1. The minimum atomic E-state index is -0.0809. The van der Waals surface area contributed by atoms with Gasteiger partial charge in [0.1, 0.15) is 5.75 Å². The molecule has 1 saturated heterocycles. The van der Waals surface area contributed by atoms with Crippen molar-refractivity contribution in [1.82, 2.24) is 15.5 Å². The Morgan fingerprint density at radius 3 is 2.22 bits per heavy atom. The first-order valence-electron chi connectivity index (χ1n) is 14.0. The van der Waals surface area contributed by atoms with Crippen molar-refractivity contribution in [2.45, 2.75) is 45.1 Å². The zero-order valence-corrected chi connectivity index (χ0v) is 30.3. The first-order valence-corrected chi connectivity index (χ1v) is 14.0. The van der Waals surface area contributed by atoms with Gasteiger partial charge in [-0.3, -0.25) is 9.59 Å². The zero-order chi connectivity index (χ0) is 28.2. The molecule has 0 bridgehead atoms. The van der Waals surface area contributed by atoms with Crippen molar-refractivity contribution in [3.05, 3.63) is 101 Å². The van der Waals surface area contributed by atoms with E-state index in [0.29, 0.717) is 31.7 Å². The monoisotopic (exact) mass is 807 g/mol. The Balaban J connectivity index is 0.00000462. The van der Waals surface area contributed by atoms with E-state index < -0.39 is 0 Å². The van der Waals surface area contributed by atoms with Crippen LogP contribution in [0, 0.1) is 0 Å². The molecule has 0 aliphatic carbocycles. The molecule has 2 amide bonds. The van der Waals surface area contributed by atoms with Crippen LogP contribution in [0.1, 0.15) is 41.2 Å². The maximum atomic E-state index is 13.4. The van der Waals surface area contributed by atoms with Crippen molar-refractivity contribution in [1.29, 1.82) is 0 Å². The van der Waals surface area contributed by atoms with Gasteiger partial charge in [0.25, 0.3) is 0 Å². The average Bonchev–Trinajstić information content (AvgIpc) is 2.97. The molecule has 4 rings (SSSR count). The number of amides is 2. The second-order valence-corrected chi connectivity index (χ2v) is 10.2. The van der Waals surface area contributed by atoms with Crippen LogP contribution in [0.4, 0.5) is 0 Å². The molecule has 3 aromatic carbocycles. The number of aryl methyl sites for hydroxylation is 1. The van der Waals surface area contributed by atoms with E-state index in [4.69, 9.17) is 4.74 Å².